The number of nitrogens with one attached hydrogen (secondary N) is 1. The Labute approximate surface area is 194 Å². The van der Waals surface area contributed by atoms with Crippen molar-refractivity contribution in [3.05, 3.63) is 102 Å². The van der Waals surface area contributed by atoms with Crippen LogP contribution in [0.1, 0.15) is 18.1 Å². The van der Waals surface area contributed by atoms with Crippen LogP contribution in [-0.2, 0) is 13.0 Å². The highest BCUT2D eigenvalue weighted by Crippen LogP contribution is 2.32. The first-order valence-corrected chi connectivity index (χ1v) is 10.8. The van der Waals surface area contributed by atoms with Gasteiger partial charge in [0.05, 0.1) is 17.1 Å². The number of hydrogen-bond acceptors (Lipinski definition) is 4. The normalized spacial score (nSPS) is 11.2. The summed E-state index contributed by atoms with van der Waals surface area (Å²) in [5.74, 6) is -1.32. The molecule has 0 spiro atoms. The van der Waals surface area contributed by atoms with Crippen LogP contribution < -0.4 is 5.32 Å². The molecule has 34 heavy (non-hydrogen) atoms. The molecule has 0 aliphatic carbocycles. The molecule has 0 atom stereocenters. The number of nitrogens with zero attached hydrogens (tertiary/aromatic N) is 4. The van der Waals surface area contributed by atoms with Gasteiger partial charge in [-0.25, -0.2) is 28.1 Å². The fraction of sp³-hybridized carbons (Fsp3) is 0.115. The van der Waals surface area contributed by atoms with Crippen LogP contribution in [0.2, 0.25) is 0 Å². The summed E-state index contributed by atoms with van der Waals surface area (Å²) in [7, 11) is 0. The number of benzene rings is 2. The number of aromatic nitrogens is 4. The summed E-state index contributed by atoms with van der Waals surface area (Å²) in [5.41, 5.74) is 4.90. The topological polar surface area (TPSA) is 55.1 Å². The largest absolute Gasteiger partial charge is 0.350 e. The lowest BCUT2D eigenvalue weighted by Gasteiger charge is -2.09. The highest BCUT2D eigenvalue weighted by Gasteiger charge is 2.18. The van der Waals surface area contributed by atoms with Gasteiger partial charge in [0.1, 0.15) is 23.1 Å². The van der Waals surface area contributed by atoms with Gasteiger partial charge in [0, 0.05) is 36.1 Å². The van der Waals surface area contributed by atoms with Gasteiger partial charge in [-0.1, -0.05) is 13.0 Å². The number of hydrogen-bond donors (Lipinski definition) is 1. The van der Waals surface area contributed by atoms with Gasteiger partial charge >= 0.3 is 0 Å². The quantitative estimate of drug-likeness (QED) is 0.336. The zero-order valence-corrected chi connectivity index (χ0v) is 18.3. The van der Waals surface area contributed by atoms with Gasteiger partial charge in [-0.05, 0) is 60.5 Å². The maximum Gasteiger partial charge on any atom is 0.223 e. The first kappa shape index (κ1) is 21.6. The average molecular weight is 459 g/mol. The molecule has 2 aromatic carbocycles. The number of anilines is 1. The summed E-state index contributed by atoms with van der Waals surface area (Å²) >= 11 is 0. The van der Waals surface area contributed by atoms with Gasteiger partial charge in [-0.15, -0.1) is 0 Å². The second kappa shape index (κ2) is 8.97. The van der Waals surface area contributed by atoms with Crippen LogP contribution in [-0.4, -0.2) is 19.4 Å². The lowest BCUT2D eigenvalue weighted by Crippen LogP contribution is -2.06. The van der Waals surface area contributed by atoms with E-state index in [0.717, 1.165) is 35.0 Å². The summed E-state index contributed by atoms with van der Waals surface area (Å²) in [6.45, 7) is 2.16. The molecule has 0 saturated heterocycles. The Morgan fingerprint density at radius 3 is 2.44 bits per heavy atom. The van der Waals surface area contributed by atoms with E-state index in [-0.39, 0.29) is 18.3 Å². The zero-order valence-electron chi connectivity index (χ0n) is 18.3. The molecule has 3 aromatic heterocycles. The van der Waals surface area contributed by atoms with Crippen LogP contribution in [0.3, 0.4) is 0 Å². The molecule has 0 aliphatic heterocycles. The Balaban J connectivity index is 1.56. The molecule has 0 fully saturated rings. The molecule has 3 heterocycles. The maximum atomic E-state index is 14.0. The average Bonchev–Trinajstić information content (AvgIpc) is 3.23. The van der Waals surface area contributed by atoms with Crippen LogP contribution in [0.15, 0.2) is 73.1 Å². The van der Waals surface area contributed by atoms with Crippen LogP contribution in [0.25, 0.3) is 28.3 Å². The Morgan fingerprint density at radius 1 is 0.882 bits per heavy atom. The van der Waals surface area contributed by atoms with E-state index in [4.69, 9.17) is 4.98 Å². The molecule has 5 aromatic rings. The van der Waals surface area contributed by atoms with Gasteiger partial charge in [0.2, 0.25) is 5.95 Å². The van der Waals surface area contributed by atoms with E-state index in [2.05, 4.69) is 22.2 Å². The summed E-state index contributed by atoms with van der Waals surface area (Å²) in [6.07, 6.45) is 4.40. The molecule has 5 nitrogen and oxygen atoms in total. The van der Waals surface area contributed by atoms with Crippen LogP contribution in [0, 0.1) is 17.5 Å². The van der Waals surface area contributed by atoms with Crippen molar-refractivity contribution in [1.82, 2.24) is 19.4 Å². The standard InChI is InChI=1S/C26H20F3N5/c1-2-16-10-12-34-23(13-16)33-24(17-3-6-19(27)7-4-17)25(34)22-9-11-30-26(32-22)31-15-18-5-8-20(28)14-21(18)29/h3-14H,2,15H2,1H3,(H,30,31,32). The molecule has 5 rings (SSSR count). The molecule has 0 bridgehead atoms. The van der Waals surface area contributed by atoms with Crippen molar-refractivity contribution in [2.45, 2.75) is 19.9 Å². The molecule has 0 aliphatic rings. The molecule has 1 N–H and O–H groups in total. The predicted molar refractivity (Wildman–Crippen MR) is 125 cm³/mol. The Kier molecular flexibility index (Phi) is 5.71. The number of pyridine rings is 1. The third-order valence-electron chi connectivity index (χ3n) is 5.57. The van der Waals surface area contributed by atoms with Crippen molar-refractivity contribution in [2.75, 3.05) is 5.32 Å². The van der Waals surface area contributed by atoms with E-state index in [9.17, 15) is 13.2 Å². The zero-order chi connectivity index (χ0) is 23.7. The Bertz CT molecular complexity index is 1480. The Morgan fingerprint density at radius 2 is 1.68 bits per heavy atom. The second-order valence-electron chi connectivity index (χ2n) is 7.79. The van der Waals surface area contributed by atoms with Crippen molar-refractivity contribution in [2.24, 2.45) is 0 Å². The fourth-order valence-electron chi connectivity index (χ4n) is 3.78. The van der Waals surface area contributed by atoms with Crippen LogP contribution in [0.5, 0.6) is 0 Å². The third kappa shape index (κ3) is 4.22. The summed E-state index contributed by atoms with van der Waals surface area (Å²) in [4.78, 5) is 13.7. The van der Waals surface area contributed by atoms with Crippen molar-refractivity contribution >= 4 is 11.6 Å². The van der Waals surface area contributed by atoms with Crippen molar-refractivity contribution in [3.63, 3.8) is 0 Å². The SMILES string of the molecule is CCc1ccn2c(-c3ccnc(NCc4ccc(F)cc4F)n3)c(-c3ccc(F)cc3)nc2c1. The van der Waals surface area contributed by atoms with E-state index in [0.29, 0.717) is 17.0 Å². The van der Waals surface area contributed by atoms with Crippen LogP contribution in [0.4, 0.5) is 19.1 Å². The molecular formula is C26H20F3N5. The van der Waals surface area contributed by atoms with Crippen molar-refractivity contribution in [1.29, 1.82) is 0 Å². The number of aryl methyl sites for hydroxylation is 1. The van der Waals surface area contributed by atoms with Crippen molar-refractivity contribution in [3.8, 4) is 22.6 Å². The summed E-state index contributed by atoms with van der Waals surface area (Å²) < 4.78 is 42.7. The van der Waals surface area contributed by atoms with E-state index in [1.165, 1.54) is 24.3 Å². The fourth-order valence-corrected chi connectivity index (χ4v) is 3.78. The van der Waals surface area contributed by atoms with E-state index in [1.807, 2.05) is 22.7 Å². The molecule has 0 radical (unpaired) electrons. The minimum Gasteiger partial charge on any atom is -0.350 e. The molecule has 0 amide bonds. The highest BCUT2D eigenvalue weighted by atomic mass is 19.1. The van der Waals surface area contributed by atoms with Gasteiger partial charge < -0.3 is 5.32 Å². The van der Waals surface area contributed by atoms with Gasteiger partial charge in [0.25, 0.3) is 0 Å². The smallest absolute Gasteiger partial charge is 0.223 e. The Hall–Kier alpha value is -4.20. The van der Waals surface area contributed by atoms with E-state index >= 15 is 0 Å². The molecular weight excluding hydrogens is 439 g/mol. The molecule has 170 valence electrons. The molecule has 8 heteroatoms. The van der Waals surface area contributed by atoms with Crippen LogP contribution >= 0.6 is 0 Å². The monoisotopic (exact) mass is 459 g/mol. The van der Waals surface area contributed by atoms with E-state index in [1.54, 1.807) is 24.4 Å². The van der Waals surface area contributed by atoms with Crippen molar-refractivity contribution < 1.29 is 13.2 Å². The first-order chi connectivity index (χ1) is 16.5. The number of rotatable bonds is 6. The predicted octanol–water partition coefficient (Wildman–Crippen LogP) is 6.05. The van der Waals surface area contributed by atoms with E-state index < -0.39 is 11.6 Å². The molecule has 0 saturated carbocycles. The lowest BCUT2D eigenvalue weighted by molar-refractivity contribution is 0.574. The van der Waals surface area contributed by atoms with Gasteiger partial charge in [0.15, 0.2) is 0 Å². The second-order valence-corrected chi connectivity index (χ2v) is 7.79. The lowest BCUT2D eigenvalue weighted by atomic mass is 10.1. The van der Waals surface area contributed by atoms with Gasteiger partial charge in [-0.3, -0.25) is 4.40 Å². The number of fused-ring (bicyclic) bond motifs is 1. The molecule has 0 unspecified atom stereocenters. The number of imidazole rings is 1. The third-order valence-corrected chi connectivity index (χ3v) is 5.57. The minimum atomic E-state index is -0.643. The maximum absolute atomic E-state index is 14.0. The summed E-state index contributed by atoms with van der Waals surface area (Å²) in [6, 6.07) is 15.4. The first-order valence-electron chi connectivity index (χ1n) is 10.8. The highest BCUT2D eigenvalue weighted by molar-refractivity contribution is 5.80. The number of halogens is 3. The summed E-state index contributed by atoms with van der Waals surface area (Å²) in [5, 5.41) is 2.99. The minimum absolute atomic E-state index is 0.0907. The van der Waals surface area contributed by atoms with Gasteiger partial charge in [-0.2, -0.15) is 0 Å².